The second-order valence-corrected chi connectivity index (χ2v) is 8.85. The van der Waals surface area contributed by atoms with Gasteiger partial charge < -0.3 is 29.2 Å². The van der Waals surface area contributed by atoms with Gasteiger partial charge in [0.05, 0.1) is 13.2 Å². The van der Waals surface area contributed by atoms with Crippen LogP contribution in [0, 0.1) is 18.7 Å². The van der Waals surface area contributed by atoms with Crippen LogP contribution >= 0.6 is 0 Å². The van der Waals surface area contributed by atoms with Crippen molar-refractivity contribution in [3.63, 3.8) is 0 Å². The minimum atomic E-state index is -1.36. The largest absolute Gasteiger partial charge is 0.497 e. The highest BCUT2D eigenvalue weighted by Crippen LogP contribution is 2.33. The van der Waals surface area contributed by atoms with Gasteiger partial charge in [-0.2, -0.15) is 0 Å². The molecule has 34 heavy (non-hydrogen) atoms. The molecule has 1 saturated heterocycles. The molecule has 1 aliphatic rings. The van der Waals surface area contributed by atoms with Crippen LogP contribution in [0.2, 0.25) is 0 Å². The van der Waals surface area contributed by atoms with Gasteiger partial charge in [0.25, 0.3) is 0 Å². The van der Waals surface area contributed by atoms with Gasteiger partial charge in [0, 0.05) is 42.6 Å². The Kier molecular flexibility index (Phi) is 8.17. The number of nitrogens with zero attached hydrogens (tertiary/aromatic N) is 2. The van der Waals surface area contributed by atoms with Crippen molar-refractivity contribution in [2.45, 2.75) is 71.7 Å². The van der Waals surface area contributed by atoms with Gasteiger partial charge >= 0.3 is 5.97 Å². The Morgan fingerprint density at radius 1 is 1.29 bits per heavy atom. The first-order chi connectivity index (χ1) is 16.0. The Bertz CT molecular complexity index is 1010. The maximum absolute atomic E-state index is 14.7. The molecule has 1 aromatic carbocycles. The van der Waals surface area contributed by atoms with Crippen LogP contribution in [0.4, 0.5) is 4.39 Å². The quantitative estimate of drug-likeness (QED) is 0.555. The summed E-state index contributed by atoms with van der Waals surface area (Å²) in [4.78, 5) is 11.2. The van der Waals surface area contributed by atoms with Crippen molar-refractivity contribution in [1.82, 2.24) is 9.78 Å². The van der Waals surface area contributed by atoms with Crippen molar-refractivity contribution >= 4 is 5.97 Å². The summed E-state index contributed by atoms with van der Waals surface area (Å²) in [6, 6.07) is 4.61. The Balaban J connectivity index is 1.91. The highest BCUT2D eigenvalue weighted by Gasteiger charge is 2.44. The Labute approximate surface area is 198 Å². The number of rotatable bonds is 8. The van der Waals surface area contributed by atoms with E-state index in [4.69, 9.17) is 18.9 Å². The fourth-order valence-corrected chi connectivity index (χ4v) is 3.98. The molecule has 10 heteroatoms. The van der Waals surface area contributed by atoms with Crippen molar-refractivity contribution in [2.24, 2.45) is 5.92 Å². The van der Waals surface area contributed by atoms with Crippen molar-refractivity contribution in [3.05, 3.63) is 40.8 Å². The zero-order chi connectivity index (χ0) is 25.2. The highest BCUT2D eigenvalue weighted by atomic mass is 19.1. The normalized spacial score (nSPS) is 24.8. The molecule has 1 fully saturated rings. The number of aliphatic hydroxyl groups is 2. The molecule has 0 spiro atoms. The van der Waals surface area contributed by atoms with Gasteiger partial charge in [-0.1, -0.05) is 13.0 Å². The molecule has 1 aliphatic heterocycles. The van der Waals surface area contributed by atoms with E-state index in [1.165, 1.54) is 20.1 Å². The lowest BCUT2D eigenvalue weighted by atomic mass is 9.91. The molecule has 9 nitrogen and oxygen atoms in total. The summed E-state index contributed by atoms with van der Waals surface area (Å²) in [5, 5.41) is 25.7. The van der Waals surface area contributed by atoms with Crippen LogP contribution in [0.5, 0.6) is 11.6 Å². The third-order valence-electron chi connectivity index (χ3n) is 6.10. The lowest BCUT2D eigenvalue weighted by Crippen LogP contribution is -2.56. The van der Waals surface area contributed by atoms with E-state index in [0.29, 0.717) is 16.9 Å². The number of benzene rings is 1. The lowest BCUT2D eigenvalue weighted by Gasteiger charge is -2.40. The van der Waals surface area contributed by atoms with E-state index in [1.54, 1.807) is 23.7 Å². The van der Waals surface area contributed by atoms with E-state index >= 15 is 0 Å². The number of carbonyl (C=O) groups is 1. The predicted molar refractivity (Wildman–Crippen MR) is 120 cm³/mol. The van der Waals surface area contributed by atoms with Gasteiger partial charge in [-0.3, -0.25) is 9.48 Å². The van der Waals surface area contributed by atoms with Gasteiger partial charge in [-0.25, -0.2) is 4.39 Å². The third-order valence-corrected chi connectivity index (χ3v) is 6.10. The first-order valence-corrected chi connectivity index (χ1v) is 11.3. The molecule has 0 amide bonds. The number of aromatic nitrogens is 2. The maximum atomic E-state index is 14.7. The molecule has 2 heterocycles. The Hall–Kier alpha value is -2.69. The van der Waals surface area contributed by atoms with Crippen LogP contribution in [0.25, 0.3) is 0 Å². The number of halogens is 1. The average molecular weight is 481 g/mol. The average Bonchev–Trinajstić information content (AvgIpc) is 3.09. The van der Waals surface area contributed by atoms with E-state index in [9.17, 15) is 19.4 Å². The summed E-state index contributed by atoms with van der Waals surface area (Å²) in [5.74, 6) is -0.839. The van der Waals surface area contributed by atoms with Crippen molar-refractivity contribution in [1.29, 1.82) is 0 Å². The first kappa shape index (κ1) is 25.9. The van der Waals surface area contributed by atoms with Gasteiger partial charge in [0.1, 0.15) is 30.4 Å². The number of esters is 1. The molecule has 1 aromatic heterocycles. The topological polar surface area (TPSA) is 112 Å². The minimum Gasteiger partial charge on any atom is -0.497 e. The second-order valence-electron chi connectivity index (χ2n) is 8.85. The summed E-state index contributed by atoms with van der Waals surface area (Å²) in [6.07, 6.45) is -4.31. The molecule has 2 N–H and O–H groups in total. The van der Waals surface area contributed by atoms with E-state index in [-0.39, 0.29) is 24.9 Å². The molecule has 2 aromatic rings. The van der Waals surface area contributed by atoms with Crippen LogP contribution in [-0.4, -0.2) is 64.3 Å². The van der Waals surface area contributed by atoms with E-state index < -0.39 is 42.3 Å². The minimum absolute atomic E-state index is 0.00339. The van der Waals surface area contributed by atoms with E-state index in [0.717, 1.165) is 5.69 Å². The molecular formula is C24H33FN2O7. The van der Waals surface area contributed by atoms with Gasteiger partial charge in [-0.05, 0) is 32.4 Å². The summed E-state index contributed by atoms with van der Waals surface area (Å²) in [7, 11) is 1.47. The number of aliphatic hydroxyl groups excluding tert-OH is 2. The summed E-state index contributed by atoms with van der Waals surface area (Å²) in [6.45, 7) is 8.63. The van der Waals surface area contributed by atoms with Crippen molar-refractivity contribution < 1.29 is 38.3 Å². The van der Waals surface area contributed by atoms with Crippen molar-refractivity contribution in [3.8, 4) is 11.6 Å². The Morgan fingerprint density at radius 2 is 2.00 bits per heavy atom. The van der Waals surface area contributed by atoms with Crippen LogP contribution in [0.3, 0.4) is 0 Å². The fraction of sp³-hybridized carbons (Fsp3) is 0.583. The van der Waals surface area contributed by atoms with Crippen molar-refractivity contribution in [2.75, 3.05) is 13.7 Å². The molecule has 0 unspecified atom stereocenters. The molecular weight excluding hydrogens is 447 g/mol. The first-order valence-electron chi connectivity index (χ1n) is 11.3. The highest BCUT2D eigenvalue weighted by molar-refractivity contribution is 5.65. The SMILES string of the molecule is COc1ccc(Cc2c(O[C@@H]3O[C@H](COC(C)=O)[C@@H](C)[C@H](O)[C@H]3O)nn(C(C)C)c2C)c(F)c1. The van der Waals surface area contributed by atoms with Crippen LogP contribution in [0.1, 0.15) is 50.6 Å². The smallest absolute Gasteiger partial charge is 0.302 e. The third kappa shape index (κ3) is 5.51. The standard InChI is InChI=1S/C24H33FN2O7/c1-12(2)27-14(4)18(9-16-7-8-17(31-6)10-19(16)25)23(26-27)34-24-22(30)21(29)13(3)20(33-24)11-32-15(5)28/h7-8,10,12-13,20-22,24,29-30H,9,11H2,1-6H3/t13-,20-,21+,22-,24+/m1/s1. The zero-order valence-corrected chi connectivity index (χ0v) is 20.3. The molecule has 0 aliphatic carbocycles. The second kappa shape index (κ2) is 10.7. The van der Waals surface area contributed by atoms with Crippen LogP contribution in [-0.2, 0) is 20.7 Å². The molecule has 5 atom stereocenters. The summed E-state index contributed by atoms with van der Waals surface area (Å²) < 4.78 is 38.4. The molecule has 0 radical (unpaired) electrons. The Morgan fingerprint density at radius 3 is 2.59 bits per heavy atom. The number of hydrogen-bond acceptors (Lipinski definition) is 8. The van der Waals surface area contributed by atoms with E-state index in [1.807, 2.05) is 20.8 Å². The number of hydrogen-bond donors (Lipinski definition) is 2. The maximum Gasteiger partial charge on any atom is 0.302 e. The predicted octanol–water partition coefficient (Wildman–Crippen LogP) is 2.54. The van der Waals surface area contributed by atoms with Crippen LogP contribution in [0.15, 0.2) is 18.2 Å². The van der Waals surface area contributed by atoms with E-state index in [2.05, 4.69) is 5.10 Å². The van der Waals surface area contributed by atoms with Gasteiger partial charge in [0.2, 0.25) is 12.2 Å². The van der Waals surface area contributed by atoms with Gasteiger partial charge in [0.15, 0.2) is 0 Å². The zero-order valence-electron chi connectivity index (χ0n) is 20.3. The lowest BCUT2D eigenvalue weighted by molar-refractivity contribution is -0.263. The fourth-order valence-electron chi connectivity index (χ4n) is 3.98. The summed E-state index contributed by atoms with van der Waals surface area (Å²) in [5.41, 5.74) is 1.82. The molecule has 3 rings (SSSR count). The van der Waals surface area contributed by atoms with Crippen LogP contribution < -0.4 is 9.47 Å². The number of methoxy groups -OCH3 is 1. The molecule has 0 bridgehead atoms. The monoisotopic (exact) mass is 480 g/mol. The summed E-state index contributed by atoms with van der Waals surface area (Å²) >= 11 is 0. The molecule has 188 valence electrons. The van der Waals surface area contributed by atoms with Gasteiger partial charge in [-0.15, -0.1) is 5.10 Å². The number of ether oxygens (including phenoxy) is 4. The molecule has 0 saturated carbocycles. The number of carbonyl (C=O) groups excluding carboxylic acids is 1.